The first-order chi connectivity index (χ1) is 13.0. The Balaban J connectivity index is 1.63. The number of nitrogens with zero attached hydrogens (tertiary/aromatic N) is 4. The molecule has 0 spiro atoms. The summed E-state index contributed by atoms with van der Waals surface area (Å²) >= 11 is 0. The van der Waals surface area contributed by atoms with Gasteiger partial charge < -0.3 is 23.6 Å². The van der Waals surface area contributed by atoms with Gasteiger partial charge in [0.25, 0.3) is 11.8 Å². The fourth-order valence-electron chi connectivity index (χ4n) is 2.65. The second-order valence-corrected chi connectivity index (χ2v) is 6.09. The van der Waals surface area contributed by atoms with Gasteiger partial charge in [-0.3, -0.25) is 4.79 Å². The van der Waals surface area contributed by atoms with Crippen LogP contribution in [0.4, 0.5) is 0 Å². The average molecular weight is 375 g/mol. The number of rotatable bonds is 8. The van der Waals surface area contributed by atoms with Crippen molar-refractivity contribution >= 4 is 5.91 Å². The summed E-state index contributed by atoms with van der Waals surface area (Å²) in [6, 6.07) is 0. The summed E-state index contributed by atoms with van der Waals surface area (Å²) in [4.78, 5) is 16.7. The van der Waals surface area contributed by atoms with Gasteiger partial charge in [0.2, 0.25) is 0 Å². The van der Waals surface area contributed by atoms with E-state index in [4.69, 9.17) is 18.3 Å². The molecule has 3 aromatic rings. The molecule has 10 heteroatoms. The van der Waals surface area contributed by atoms with E-state index in [-0.39, 0.29) is 18.2 Å². The van der Waals surface area contributed by atoms with Crippen LogP contribution in [-0.4, -0.2) is 40.0 Å². The number of ether oxygens (including phenoxy) is 1. The predicted octanol–water partition coefficient (Wildman–Crippen LogP) is 1.68. The zero-order valence-electron chi connectivity index (χ0n) is 15.7. The Labute approximate surface area is 155 Å². The molecular formula is C17H21N5O5. The number of amides is 1. The molecule has 144 valence electrons. The minimum atomic E-state index is -0.325. The maximum Gasteiger partial charge on any atom is 0.273 e. The largest absolute Gasteiger partial charge is 0.375 e. The molecule has 1 amide bonds. The van der Waals surface area contributed by atoms with Crippen LogP contribution in [0.25, 0.3) is 0 Å². The smallest absolute Gasteiger partial charge is 0.273 e. The molecule has 1 N–H and O–H groups in total. The van der Waals surface area contributed by atoms with Crippen molar-refractivity contribution in [1.82, 2.24) is 25.8 Å². The molecule has 0 bridgehead atoms. The fourth-order valence-corrected chi connectivity index (χ4v) is 2.65. The van der Waals surface area contributed by atoms with E-state index in [9.17, 15) is 4.79 Å². The second kappa shape index (κ2) is 8.12. The van der Waals surface area contributed by atoms with Crippen LogP contribution in [0, 0.1) is 20.8 Å². The van der Waals surface area contributed by atoms with Gasteiger partial charge in [-0.1, -0.05) is 15.5 Å². The van der Waals surface area contributed by atoms with Crippen molar-refractivity contribution in [3.8, 4) is 0 Å². The standard InChI is InChI=1S/C17H21N5O5/c1-9-12(10(2)25-20-9)7-13-11(3)26-22-16(13)17(23)18-6-5-14-19-15(8-24-4)27-21-14/h5-8H2,1-4H3,(H,18,23). The highest BCUT2D eigenvalue weighted by Crippen LogP contribution is 2.22. The second-order valence-electron chi connectivity index (χ2n) is 6.09. The Morgan fingerprint density at radius 3 is 2.48 bits per heavy atom. The van der Waals surface area contributed by atoms with Crippen LogP contribution in [0.1, 0.15) is 50.5 Å². The molecule has 0 aliphatic carbocycles. The van der Waals surface area contributed by atoms with E-state index in [1.54, 1.807) is 14.0 Å². The molecule has 0 atom stereocenters. The normalized spacial score (nSPS) is 11.1. The summed E-state index contributed by atoms with van der Waals surface area (Å²) in [5.74, 6) is 1.86. The van der Waals surface area contributed by atoms with Crippen LogP contribution >= 0.6 is 0 Å². The Morgan fingerprint density at radius 1 is 1.04 bits per heavy atom. The monoisotopic (exact) mass is 375 g/mol. The summed E-state index contributed by atoms with van der Waals surface area (Å²) in [6.07, 6.45) is 0.888. The molecular weight excluding hydrogens is 354 g/mol. The fraction of sp³-hybridized carbons (Fsp3) is 0.471. The summed E-state index contributed by atoms with van der Waals surface area (Å²) in [5, 5.41) is 14.5. The number of methoxy groups -OCH3 is 1. The van der Waals surface area contributed by atoms with Gasteiger partial charge in [-0.05, 0) is 20.8 Å². The molecule has 0 radical (unpaired) electrons. The molecule has 0 aromatic carbocycles. The zero-order chi connectivity index (χ0) is 19.4. The number of hydrogen-bond acceptors (Lipinski definition) is 9. The van der Waals surface area contributed by atoms with Crippen molar-refractivity contribution in [2.75, 3.05) is 13.7 Å². The lowest BCUT2D eigenvalue weighted by atomic mass is 10.0. The van der Waals surface area contributed by atoms with E-state index in [2.05, 4.69) is 25.8 Å². The minimum Gasteiger partial charge on any atom is -0.375 e. The van der Waals surface area contributed by atoms with Crippen LogP contribution in [0.3, 0.4) is 0 Å². The van der Waals surface area contributed by atoms with Gasteiger partial charge in [-0.15, -0.1) is 0 Å². The number of aromatic nitrogens is 4. The lowest BCUT2D eigenvalue weighted by Crippen LogP contribution is -2.27. The lowest BCUT2D eigenvalue weighted by molar-refractivity contribution is 0.0944. The van der Waals surface area contributed by atoms with Gasteiger partial charge >= 0.3 is 0 Å². The van der Waals surface area contributed by atoms with Crippen molar-refractivity contribution in [1.29, 1.82) is 0 Å². The highest BCUT2D eigenvalue weighted by atomic mass is 16.5. The van der Waals surface area contributed by atoms with E-state index in [0.29, 0.717) is 48.2 Å². The van der Waals surface area contributed by atoms with Gasteiger partial charge in [0.1, 0.15) is 18.1 Å². The summed E-state index contributed by atoms with van der Waals surface area (Å²) in [5.41, 5.74) is 2.67. The summed E-state index contributed by atoms with van der Waals surface area (Å²) in [6.45, 7) is 6.05. The van der Waals surface area contributed by atoms with E-state index in [0.717, 1.165) is 11.3 Å². The molecule has 0 aliphatic rings. The molecule has 0 saturated carbocycles. The minimum absolute atomic E-state index is 0.251. The number of nitrogens with one attached hydrogen (secondary N) is 1. The molecule has 0 aliphatic heterocycles. The molecule has 3 rings (SSSR count). The van der Waals surface area contributed by atoms with Crippen LogP contribution in [0.15, 0.2) is 13.6 Å². The van der Waals surface area contributed by atoms with Crippen molar-refractivity contribution in [2.45, 2.75) is 40.2 Å². The Kier molecular flexibility index (Phi) is 5.65. The van der Waals surface area contributed by atoms with Crippen molar-refractivity contribution in [2.24, 2.45) is 0 Å². The molecule has 3 heterocycles. The first kappa shape index (κ1) is 18.8. The number of carbonyl (C=O) groups excluding carboxylic acids is 1. The molecule has 10 nitrogen and oxygen atoms in total. The first-order valence-corrected chi connectivity index (χ1v) is 8.45. The Hall–Kier alpha value is -3.01. The first-order valence-electron chi connectivity index (χ1n) is 8.45. The van der Waals surface area contributed by atoms with E-state index >= 15 is 0 Å². The third kappa shape index (κ3) is 4.22. The van der Waals surface area contributed by atoms with Gasteiger partial charge in [0, 0.05) is 37.6 Å². The number of aryl methyl sites for hydroxylation is 3. The molecule has 3 aromatic heterocycles. The molecule has 0 saturated heterocycles. The third-order valence-electron chi connectivity index (χ3n) is 4.15. The Bertz CT molecular complexity index is 907. The average Bonchev–Trinajstić information content (AvgIpc) is 3.32. The van der Waals surface area contributed by atoms with Crippen molar-refractivity contribution in [3.05, 3.63) is 45.8 Å². The van der Waals surface area contributed by atoms with Crippen molar-refractivity contribution < 1.29 is 23.1 Å². The summed E-state index contributed by atoms with van der Waals surface area (Å²) in [7, 11) is 1.55. The van der Waals surface area contributed by atoms with Gasteiger partial charge in [0.15, 0.2) is 11.5 Å². The highest BCUT2D eigenvalue weighted by Gasteiger charge is 2.22. The molecule has 0 fully saturated rings. The van der Waals surface area contributed by atoms with Gasteiger partial charge in [0.05, 0.1) is 5.69 Å². The van der Waals surface area contributed by atoms with Crippen LogP contribution in [0.5, 0.6) is 0 Å². The number of carbonyl (C=O) groups is 1. The number of hydrogen-bond donors (Lipinski definition) is 1. The maximum absolute atomic E-state index is 12.5. The quantitative estimate of drug-likeness (QED) is 0.625. The van der Waals surface area contributed by atoms with Gasteiger partial charge in [-0.25, -0.2) is 0 Å². The Morgan fingerprint density at radius 2 is 1.78 bits per heavy atom. The van der Waals surface area contributed by atoms with Crippen LogP contribution in [-0.2, 0) is 24.2 Å². The van der Waals surface area contributed by atoms with Crippen LogP contribution in [0.2, 0.25) is 0 Å². The van der Waals surface area contributed by atoms with Crippen molar-refractivity contribution in [3.63, 3.8) is 0 Å². The zero-order valence-corrected chi connectivity index (χ0v) is 15.7. The lowest BCUT2D eigenvalue weighted by Gasteiger charge is -2.04. The van der Waals surface area contributed by atoms with E-state index in [1.165, 1.54) is 0 Å². The maximum atomic E-state index is 12.5. The molecule has 0 unspecified atom stereocenters. The van der Waals surface area contributed by atoms with Gasteiger partial charge in [-0.2, -0.15) is 4.98 Å². The topological polar surface area (TPSA) is 129 Å². The summed E-state index contributed by atoms with van der Waals surface area (Å²) < 4.78 is 20.3. The molecule has 27 heavy (non-hydrogen) atoms. The SMILES string of the molecule is COCc1nc(CCNC(=O)c2noc(C)c2Cc2c(C)noc2C)no1. The van der Waals surface area contributed by atoms with E-state index < -0.39 is 0 Å². The van der Waals surface area contributed by atoms with Crippen LogP contribution < -0.4 is 5.32 Å². The predicted molar refractivity (Wildman–Crippen MR) is 91.1 cm³/mol. The third-order valence-corrected chi connectivity index (χ3v) is 4.15. The van der Waals surface area contributed by atoms with E-state index in [1.807, 2.05) is 13.8 Å². The highest BCUT2D eigenvalue weighted by molar-refractivity contribution is 5.93.